The van der Waals surface area contributed by atoms with Gasteiger partial charge < -0.3 is 5.32 Å². The van der Waals surface area contributed by atoms with E-state index in [4.69, 9.17) is 11.6 Å². The van der Waals surface area contributed by atoms with Gasteiger partial charge in [0.15, 0.2) is 0 Å². The first-order valence-corrected chi connectivity index (χ1v) is 5.83. The van der Waals surface area contributed by atoms with Gasteiger partial charge in [0, 0.05) is 17.6 Å². The molecular weight excluding hydrogens is 194 g/mol. The number of hydrogen-bond acceptors (Lipinski definition) is 1. The lowest BCUT2D eigenvalue weighted by atomic mass is 10.2. The molecule has 76 valence electrons. The molecule has 1 saturated carbocycles. The van der Waals surface area contributed by atoms with Crippen molar-refractivity contribution < 1.29 is 0 Å². The van der Waals surface area contributed by atoms with E-state index in [1.807, 2.05) is 0 Å². The maximum Gasteiger partial charge on any atom is 0.0474 e. The standard InChI is InChI=1S/C12H16ClN/c13-9-10-5-7-12(8-6-10)14-11-3-1-2-4-11/h5-8,11,14H,1-4,9H2. The van der Waals surface area contributed by atoms with E-state index in [2.05, 4.69) is 29.6 Å². The predicted octanol–water partition coefficient (Wildman–Crippen LogP) is 3.78. The van der Waals surface area contributed by atoms with Crippen LogP contribution in [0.2, 0.25) is 0 Å². The van der Waals surface area contributed by atoms with Gasteiger partial charge in [0.2, 0.25) is 0 Å². The molecule has 0 unspecified atom stereocenters. The summed E-state index contributed by atoms with van der Waals surface area (Å²) >= 11 is 5.73. The fraction of sp³-hybridized carbons (Fsp3) is 0.500. The molecule has 0 amide bonds. The van der Waals surface area contributed by atoms with E-state index < -0.39 is 0 Å². The van der Waals surface area contributed by atoms with Gasteiger partial charge in [0.05, 0.1) is 0 Å². The molecule has 0 spiro atoms. The van der Waals surface area contributed by atoms with E-state index in [1.165, 1.54) is 36.9 Å². The highest BCUT2D eigenvalue weighted by Crippen LogP contribution is 2.22. The summed E-state index contributed by atoms with van der Waals surface area (Å²) in [6.45, 7) is 0. The van der Waals surface area contributed by atoms with Crippen LogP contribution in [0.4, 0.5) is 5.69 Å². The molecule has 0 atom stereocenters. The zero-order valence-electron chi connectivity index (χ0n) is 8.30. The zero-order valence-corrected chi connectivity index (χ0v) is 9.06. The maximum atomic E-state index is 5.73. The Morgan fingerprint density at radius 3 is 2.36 bits per heavy atom. The fourth-order valence-electron chi connectivity index (χ4n) is 2.00. The van der Waals surface area contributed by atoms with Crippen molar-refractivity contribution in [3.63, 3.8) is 0 Å². The maximum absolute atomic E-state index is 5.73. The van der Waals surface area contributed by atoms with E-state index in [9.17, 15) is 0 Å². The van der Waals surface area contributed by atoms with Crippen molar-refractivity contribution in [3.8, 4) is 0 Å². The van der Waals surface area contributed by atoms with Gasteiger partial charge in [-0.15, -0.1) is 11.6 Å². The van der Waals surface area contributed by atoms with Crippen LogP contribution in [0.5, 0.6) is 0 Å². The number of alkyl halides is 1. The smallest absolute Gasteiger partial charge is 0.0474 e. The highest BCUT2D eigenvalue weighted by molar-refractivity contribution is 6.17. The van der Waals surface area contributed by atoms with Crippen molar-refractivity contribution in [2.75, 3.05) is 5.32 Å². The summed E-state index contributed by atoms with van der Waals surface area (Å²) in [4.78, 5) is 0. The topological polar surface area (TPSA) is 12.0 Å². The number of halogens is 1. The lowest BCUT2D eigenvalue weighted by molar-refractivity contribution is 0.755. The normalized spacial score (nSPS) is 17.2. The average molecular weight is 210 g/mol. The molecule has 0 saturated heterocycles. The second-order valence-electron chi connectivity index (χ2n) is 3.96. The van der Waals surface area contributed by atoms with E-state index in [1.54, 1.807) is 0 Å². The van der Waals surface area contributed by atoms with Gasteiger partial charge in [-0.3, -0.25) is 0 Å². The molecule has 1 nitrogen and oxygen atoms in total. The quantitative estimate of drug-likeness (QED) is 0.748. The fourth-order valence-corrected chi connectivity index (χ4v) is 2.17. The Labute approximate surface area is 90.5 Å². The molecule has 1 N–H and O–H groups in total. The van der Waals surface area contributed by atoms with Crippen molar-refractivity contribution >= 4 is 17.3 Å². The molecule has 1 fully saturated rings. The van der Waals surface area contributed by atoms with Crippen LogP contribution in [-0.2, 0) is 5.88 Å². The van der Waals surface area contributed by atoms with E-state index in [0.717, 1.165) is 0 Å². The Kier molecular flexibility index (Phi) is 3.30. The molecule has 1 aliphatic carbocycles. The number of rotatable bonds is 3. The van der Waals surface area contributed by atoms with Gasteiger partial charge in [0.25, 0.3) is 0 Å². The molecule has 0 heterocycles. The minimum Gasteiger partial charge on any atom is -0.382 e. The molecule has 1 aliphatic rings. The minimum atomic E-state index is 0.601. The van der Waals surface area contributed by atoms with Crippen LogP contribution in [0.15, 0.2) is 24.3 Å². The second-order valence-corrected chi connectivity index (χ2v) is 4.22. The highest BCUT2D eigenvalue weighted by atomic mass is 35.5. The molecule has 14 heavy (non-hydrogen) atoms. The first kappa shape index (κ1) is 9.85. The number of benzene rings is 1. The van der Waals surface area contributed by atoms with Crippen LogP contribution < -0.4 is 5.32 Å². The molecule has 2 rings (SSSR count). The zero-order chi connectivity index (χ0) is 9.80. The van der Waals surface area contributed by atoms with Gasteiger partial charge >= 0.3 is 0 Å². The van der Waals surface area contributed by atoms with Gasteiger partial charge in [0.1, 0.15) is 0 Å². The van der Waals surface area contributed by atoms with Crippen LogP contribution in [0.3, 0.4) is 0 Å². The number of nitrogens with one attached hydrogen (secondary N) is 1. The summed E-state index contributed by atoms with van der Waals surface area (Å²) in [5.41, 5.74) is 2.41. The Balaban J connectivity index is 1.95. The predicted molar refractivity (Wildman–Crippen MR) is 61.9 cm³/mol. The van der Waals surface area contributed by atoms with Gasteiger partial charge in [-0.25, -0.2) is 0 Å². The van der Waals surface area contributed by atoms with Gasteiger partial charge in [-0.2, -0.15) is 0 Å². The SMILES string of the molecule is ClCc1ccc(NC2CCCC2)cc1. The molecule has 0 aromatic heterocycles. The molecule has 1 aromatic rings. The molecule has 0 radical (unpaired) electrons. The van der Waals surface area contributed by atoms with Crippen LogP contribution in [0.25, 0.3) is 0 Å². The third-order valence-corrected chi connectivity index (χ3v) is 3.14. The first-order valence-electron chi connectivity index (χ1n) is 5.30. The summed E-state index contributed by atoms with van der Waals surface area (Å²) < 4.78 is 0. The monoisotopic (exact) mass is 209 g/mol. The highest BCUT2D eigenvalue weighted by Gasteiger charge is 2.13. The summed E-state index contributed by atoms with van der Waals surface area (Å²) in [6.07, 6.45) is 5.38. The Bertz CT molecular complexity index is 275. The van der Waals surface area contributed by atoms with Gasteiger partial charge in [-0.1, -0.05) is 25.0 Å². The largest absolute Gasteiger partial charge is 0.382 e. The van der Waals surface area contributed by atoms with E-state index in [-0.39, 0.29) is 0 Å². The number of anilines is 1. The summed E-state index contributed by atoms with van der Waals surface area (Å²) in [7, 11) is 0. The Morgan fingerprint density at radius 1 is 1.14 bits per heavy atom. The summed E-state index contributed by atoms with van der Waals surface area (Å²) in [6, 6.07) is 9.11. The van der Waals surface area contributed by atoms with Crippen LogP contribution in [0, 0.1) is 0 Å². The number of hydrogen-bond donors (Lipinski definition) is 1. The Morgan fingerprint density at radius 2 is 1.79 bits per heavy atom. The molecular formula is C12H16ClN. The minimum absolute atomic E-state index is 0.601. The first-order chi connectivity index (χ1) is 6.88. The van der Waals surface area contributed by atoms with E-state index >= 15 is 0 Å². The Hall–Kier alpha value is -0.690. The van der Waals surface area contributed by atoms with Crippen molar-refractivity contribution in [1.29, 1.82) is 0 Å². The molecule has 0 aliphatic heterocycles. The van der Waals surface area contributed by atoms with Crippen LogP contribution in [-0.4, -0.2) is 6.04 Å². The van der Waals surface area contributed by atoms with Gasteiger partial charge in [-0.05, 0) is 30.5 Å². The average Bonchev–Trinajstić information content (AvgIpc) is 2.72. The van der Waals surface area contributed by atoms with Crippen LogP contribution >= 0.6 is 11.6 Å². The van der Waals surface area contributed by atoms with Crippen molar-refractivity contribution in [3.05, 3.63) is 29.8 Å². The summed E-state index contributed by atoms with van der Waals surface area (Å²) in [5.74, 6) is 0.601. The lowest BCUT2D eigenvalue weighted by Gasteiger charge is -2.13. The lowest BCUT2D eigenvalue weighted by Crippen LogP contribution is -2.14. The van der Waals surface area contributed by atoms with Crippen molar-refractivity contribution in [1.82, 2.24) is 0 Å². The van der Waals surface area contributed by atoms with Crippen molar-refractivity contribution in [2.45, 2.75) is 37.6 Å². The third-order valence-electron chi connectivity index (χ3n) is 2.83. The van der Waals surface area contributed by atoms with E-state index in [0.29, 0.717) is 11.9 Å². The second kappa shape index (κ2) is 4.70. The third kappa shape index (κ3) is 2.42. The molecule has 2 heteroatoms. The summed E-state index contributed by atoms with van der Waals surface area (Å²) in [5, 5.41) is 3.55. The molecule has 1 aromatic carbocycles. The van der Waals surface area contributed by atoms with Crippen LogP contribution in [0.1, 0.15) is 31.2 Å². The molecule has 0 bridgehead atoms. The van der Waals surface area contributed by atoms with Crippen molar-refractivity contribution in [2.24, 2.45) is 0 Å².